The lowest BCUT2D eigenvalue weighted by Crippen LogP contribution is -2.31. The molecule has 1 atom stereocenters. The molecule has 5 rings (SSSR count). The van der Waals surface area contributed by atoms with E-state index >= 15 is 0 Å². The third-order valence-electron chi connectivity index (χ3n) is 6.56. The van der Waals surface area contributed by atoms with E-state index in [0.717, 1.165) is 34.0 Å². The molecule has 0 radical (unpaired) electrons. The van der Waals surface area contributed by atoms with Crippen LogP contribution in [0.3, 0.4) is 0 Å². The summed E-state index contributed by atoms with van der Waals surface area (Å²) in [6.07, 6.45) is 5.32. The van der Waals surface area contributed by atoms with Gasteiger partial charge in [-0.2, -0.15) is 5.10 Å². The van der Waals surface area contributed by atoms with Gasteiger partial charge in [-0.15, -0.1) is 0 Å². The molecule has 0 bridgehead atoms. The predicted octanol–water partition coefficient (Wildman–Crippen LogP) is 5.25. The summed E-state index contributed by atoms with van der Waals surface area (Å²) in [7, 11) is 3.55. The van der Waals surface area contributed by atoms with E-state index < -0.39 is 6.04 Å². The van der Waals surface area contributed by atoms with E-state index in [2.05, 4.69) is 29.2 Å². The van der Waals surface area contributed by atoms with Gasteiger partial charge in [0.1, 0.15) is 17.6 Å². The van der Waals surface area contributed by atoms with Crippen molar-refractivity contribution in [2.24, 2.45) is 7.05 Å². The van der Waals surface area contributed by atoms with Gasteiger partial charge in [-0.1, -0.05) is 36.4 Å². The summed E-state index contributed by atoms with van der Waals surface area (Å²) >= 11 is 0. The van der Waals surface area contributed by atoms with Crippen LogP contribution in [0.25, 0.3) is 22.3 Å². The average molecular weight is 495 g/mol. The van der Waals surface area contributed by atoms with Crippen LogP contribution in [0, 0.1) is 6.92 Å². The Morgan fingerprint density at radius 3 is 2.49 bits per heavy atom. The molecule has 1 amide bonds. The highest BCUT2D eigenvalue weighted by Crippen LogP contribution is 2.29. The minimum atomic E-state index is -0.469. The smallest absolute Gasteiger partial charge is 0.253 e. The molecule has 0 saturated heterocycles. The first kappa shape index (κ1) is 24.2. The Labute approximate surface area is 215 Å². The lowest BCUT2D eigenvalue weighted by Gasteiger charge is -2.20. The number of methoxy groups -OCH3 is 1. The number of imidazole rings is 1. The molecular formula is C29H30N6O2. The molecule has 0 aliphatic carbocycles. The summed E-state index contributed by atoms with van der Waals surface area (Å²) in [6, 6.07) is 17.2. The Bertz CT molecular complexity index is 1570. The van der Waals surface area contributed by atoms with Crippen LogP contribution in [0.15, 0.2) is 73.2 Å². The Hall–Kier alpha value is -4.46. The number of hydrogen-bond donors (Lipinski definition) is 1. The van der Waals surface area contributed by atoms with Crippen LogP contribution in [0.5, 0.6) is 5.75 Å². The number of amides is 1. The molecule has 2 aromatic carbocycles. The zero-order valence-corrected chi connectivity index (χ0v) is 21.6. The highest BCUT2D eigenvalue weighted by atomic mass is 16.5. The first-order chi connectivity index (χ1) is 17.9. The highest BCUT2D eigenvalue weighted by Gasteiger charge is 2.25. The summed E-state index contributed by atoms with van der Waals surface area (Å²) in [5.41, 5.74) is 4.88. The predicted molar refractivity (Wildman–Crippen MR) is 144 cm³/mol. The van der Waals surface area contributed by atoms with Crippen molar-refractivity contribution < 1.29 is 9.53 Å². The van der Waals surface area contributed by atoms with Crippen molar-refractivity contribution >= 4 is 16.9 Å². The standard InChI is InChI=1S/C29H30N6O2/c1-18(2)35-27-24(17-31-35)23(16-25(32-27)22-9-7-6-8-19(22)3)29(36)33-26(28-30-14-15-34(28)4)20-10-12-21(37-5)13-11-20/h6-18,26H,1-5H3,(H,33,36). The number of hydrogen-bond acceptors (Lipinski definition) is 5. The Morgan fingerprint density at radius 2 is 1.84 bits per heavy atom. The van der Waals surface area contributed by atoms with E-state index in [-0.39, 0.29) is 11.9 Å². The number of nitrogens with one attached hydrogen (secondary N) is 1. The largest absolute Gasteiger partial charge is 0.497 e. The van der Waals surface area contributed by atoms with E-state index in [1.807, 2.05) is 84.0 Å². The number of rotatable bonds is 7. The summed E-state index contributed by atoms with van der Waals surface area (Å²) in [6.45, 7) is 6.14. The van der Waals surface area contributed by atoms with Crippen molar-refractivity contribution in [3.63, 3.8) is 0 Å². The molecule has 3 aromatic heterocycles. The van der Waals surface area contributed by atoms with Gasteiger partial charge in [0.05, 0.1) is 30.0 Å². The number of carbonyl (C=O) groups is 1. The second-order valence-corrected chi connectivity index (χ2v) is 9.37. The normalized spacial score (nSPS) is 12.2. The quantitative estimate of drug-likeness (QED) is 0.334. The van der Waals surface area contributed by atoms with Crippen molar-refractivity contribution in [2.75, 3.05) is 7.11 Å². The zero-order valence-electron chi connectivity index (χ0n) is 21.6. The average Bonchev–Trinajstić information content (AvgIpc) is 3.53. The summed E-state index contributed by atoms with van der Waals surface area (Å²) < 4.78 is 9.09. The summed E-state index contributed by atoms with van der Waals surface area (Å²) in [4.78, 5) is 23.5. The first-order valence-electron chi connectivity index (χ1n) is 12.2. The van der Waals surface area contributed by atoms with Crippen LogP contribution in [-0.2, 0) is 7.05 Å². The number of carbonyl (C=O) groups excluding carboxylic acids is 1. The van der Waals surface area contributed by atoms with Gasteiger partial charge in [0, 0.05) is 31.0 Å². The Kier molecular flexibility index (Phi) is 6.48. The number of pyridine rings is 1. The van der Waals surface area contributed by atoms with Crippen molar-refractivity contribution in [2.45, 2.75) is 32.9 Å². The maximum absolute atomic E-state index is 14.0. The topological polar surface area (TPSA) is 86.9 Å². The van der Waals surface area contributed by atoms with Crippen LogP contribution < -0.4 is 10.1 Å². The molecule has 8 heteroatoms. The molecule has 8 nitrogen and oxygen atoms in total. The SMILES string of the molecule is COc1ccc(C(NC(=O)c2cc(-c3ccccc3C)nc3c2cnn3C(C)C)c2nccn2C)cc1. The lowest BCUT2D eigenvalue weighted by molar-refractivity contribution is 0.0942. The molecule has 0 saturated carbocycles. The van der Waals surface area contributed by atoms with Crippen molar-refractivity contribution in [3.05, 3.63) is 95.7 Å². The van der Waals surface area contributed by atoms with Gasteiger partial charge in [0.15, 0.2) is 5.65 Å². The fourth-order valence-electron chi connectivity index (χ4n) is 4.54. The zero-order chi connectivity index (χ0) is 26.1. The monoisotopic (exact) mass is 494 g/mol. The number of aromatic nitrogens is 5. The van der Waals surface area contributed by atoms with Gasteiger partial charge >= 0.3 is 0 Å². The number of benzene rings is 2. The molecule has 37 heavy (non-hydrogen) atoms. The molecular weight excluding hydrogens is 464 g/mol. The van der Waals surface area contributed by atoms with Crippen molar-refractivity contribution in [3.8, 4) is 17.0 Å². The molecule has 0 aliphatic heterocycles. The number of aryl methyl sites for hydroxylation is 2. The van der Waals surface area contributed by atoms with Crippen LogP contribution in [-0.4, -0.2) is 37.3 Å². The summed E-state index contributed by atoms with van der Waals surface area (Å²) in [5.74, 6) is 1.24. The molecule has 3 heterocycles. The van der Waals surface area contributed by atoms with E-state index in [0.29, 0.717) is 16.6 Å². The second-order valence-electron chi connectivity index (χ2n) is 9.37. The fourth-order valence-corrected chi connectivity index (χ4v) is 4.54. The van der Waals surface area contributed by atoms with Gasteiger partial charge in [0.2, 0.25) is 0 Å². The van der Waals surface area contributed by atoms with E-state index in [9.17, 15) is 4.79 Å². The van der Waals surface area contributed by atoms with Crippen LogP contribution in [0.2, 0.25) is 0 Å². The molecule has 5 aromatic rings. The summed E-state index contributed by atoms with van der Waals surface area (Å²) in [5, 5.41) is 8.49. The number of fused-ring (bicyclic) bond motifs is 1. The number of nitrogens with zero attached hydrogens (tertiary/aromatic N) is 5. The van der Waals surface area contributed by atoms with Gasteiger partial charge in [-0.3, -0.25) is 4.79 Å². The lowest BCUT2D eigenvalue weighted by atomic mass is 10.0. The van der Waals surface area contributed by atoms with Gasteiger partial charge in [-0.25, -0.2) is 14.6 Å². The molecule has 188 valence electrons. The Morgan fingerprint density at radius 1 is 1.08 bits per heavy atom. The van der Waals surface area contributed by atoms with Crippen LogP contribution in [0.4, 0.5) is 0 Å². The van der Waals surface area contributed by atoms with Gasteiger partial charge in [-0.05, 0) is 50.1 Å². The molecule has 0 spiro atoms. The number of ether oxygens (including phenoxy) is 1. The van der Waals surface area contributed by atoms with Gasteiger partial charge in [0.25, 0.3) is 5.91 Å². The minimum absolute atomic E-state index is 0.0904. The maximum atomic E-state index is 14.0. The van der Waals surface area contributed by atoms with Gasteiger partial charge < -0.3 is 14.6 Å². The molecule has 0 aliphatic rings. The Balaban J connectivity index is 1.63. The second kappa shape index (κ2) is 9.89. The van der Waals surface area contributed by atoms with E-state index in [1.165, 1.54) is 0 Å². The van der Waals surface area contributed by atoms with Crippen LogP contribution >= 0.6 is 0 Å². The molecule has 1 unspecified atom stereocenters. The molecule has 0 fully saturated rings. The highest BCUT2D eigenvalue weighted by molar-refractivity contribution is 6.06. The van der Waals surface area contributed by atoms with Crippen LogP contribution in [0.1, 0.15) is 53.2 Å². The maximum Gasteiger partial charge on any atom is 0.253 e. The van der Waals surface area contributed by atoms with E-state index in [4.69, 9.17) is 9.72 Å². The third kappa shape index (κ3) is 4.58. The van der Waals surface area contributed by atoms with E-state index in [1.54, 1.807) is 19.5 Å². The molecule has 1 N–H and O–H groups in total. The van der Waals surface area contributed by atoms with Crippen molar-refractivity contribution in [1.29, 1.82) is 0 Å². The third-order valence-corrected chi connectivity index (χ3v) is 6.56. The minimum Gasteiger partial charge on any atom is -0.497 e. The fraction of sp³-hybridized carbons (Fsp3) is 0.241. The van der Waals surface area contributed by atoms with Crippen molar-refractivity contribution in [1.82, 2.24) is 29.6 Å². The first-order valence-corrected chi connectivity index (χ1v) is 12.2.